The van der Waals surface area contributed by atoms with Gasteiger partial charge in [-0.1, -0.05) is 0 Å². The second kappa shape index (κ2) is 5.83. The van der Waals surface area contributed by atoms with Gasteiger partial charge in [0, 0.05) is 11.8 Å². The lowest BCUT2D eigenvalue weighted by Crippen LogP contribution is -2.14. The van der Waals surface area contributed by atoms with Crippen LogP contribution in [0.2, 0.25) is 0 Å². The van der Waals surface area contributed by atoms with Crippen LogP contribution in [0.1, 0.15) is 0 Å². The van der Waals surface area contributed by atoms with Crippen molar-refractivity contribution in [2.45, 2.75) is 4.90 Å². The average molecular weight is 310 g/mol. The number of hydrogen-bond acceptors (Lipinski definition) is 7. The molecule has 0 saturated heterocycles. The monoisotopic (exact) mass is 310 g/mol. The zero-order valence-electron chi connectivity index (χ0n) is 11.4. The summed E-state index contributed by atoms with van der Waals surface area (Å²) in [5.74, 6) is 0.195. The van der Waals surface area contributed by atoms with Crippen molar-refractivity contribution in [1.82, 2.24) is 10.2 Å². The molecule has 0 atom stereocenters. The summed E-state index contributed by atoms with van der Waals surface area (Å²) in [5.41, 5.74) is 6.13. The van der Waals surface area contributed by atoms with Crippen LogP contribution in [0, 0.1) is 0 Å². The van der Waals surface area contributed by atoms with Crippen LogP contribution >= 0.6 is 0 Å². The number of hydrogen-bond donors (Lipinski definition) is 2. The van der Waals surface area contributed by atoms with Gasteiger partial charge in [0.1, 0.15) is 5.69 Å². The lowest BCUT2D eigenvalue weighted by atomic mass is 10.3. The molecule has 0 fully saturated rings. The second-order valence-corrected chi connectivity index (χ2v) is 5.67. The number of aromatic nitrogens is 2. The van der Waals surface area contributed by atoms with E-state index in [4.69, 9.17) is 15.2 Å². The van der Waals surface area contributed by atoms with E-state index in [-0.39, 0.29) is 22.3 Å². The third kappa shape index (κ3) is 3.31. The standard InChI is InChI=1S/C12H14N4O4S/c1-19-11-7-10(12(20-2)15-14-11)16-21(17,18)9-5-3-8(13)4-6-9/h3-7H,13H2,1-2H3,(H,14,16). The van der Waals surface area contributed by atoms with E-state index in [0.29, 0.717) is 5.69 Å². The number of rotatable bonds is 5. The summed E-state index contributed by atoms with van der Waals surface area (Å²) in [6.07, 6.45) is 0. The molecule has 0 unspecified atom stereocenters. The Morgan fingerprint density at radius 3 is 2.33 bits per heavy atom. The molecule has 1 aromatic carbocycles. The fraction of sp³-hybridized carbons (Fsp3) is 0.167. The minimum absolute atomic E-state index is 0.0369. The molecule has 21 heavy (non-hydrogen) atoms. The van der Waals surface area contributed by atoms with Crippen LogP contribution in [0.5, 0.6) is 11.8 Å². The number of methoxy groups -OCH3 is 2. The highest BCUT2D eigenvalue weighted by Gasteiger charge is 2.18. The predicted octanol–water partition coefficient (Wildman–Crippen LogP) is 0.877. The Hall–Kier alpha value is -2.55. The van der Waals surface area contributed by atoms with Gasteiger partial charge in [-0.2, -0.15) is 0 Å². The van der Waals surface area contributed by atoms with Crippen molar-refractivity contribution in [1.29, 1.82) is 0 Å². The van der Waals surface area contributed by atoms with E-state index in [1.807, 2.05) is 0 Å². The van der Waals surface area contributed by atoms with Gasteiger partial charge in [0.05, 0.1) is 19.1 Å². The van der Waals surface area contributed by atoms with Crippen molar-refractivity contribution >= 4 is 21.4 Å². The molecule has 9 heteroatoms. The van der Waals surface area contributed by atoms with Crippen LogP contribution in [0.3, 0.4) is 0 Å². The molecule has 2 rings (SSSR count). The maximum atomic E-state index is 12.3. The van der Waals surface area contributed by atoms with Gasteiger partial charge >= 0.3 is 0 Å². The zero-order chi connectivity index (χ0) is 15.5. The molecule has 0 radical (unpaired) electrons. The Balaban J connectivity index is 2.38. The average Bonchev–Trinajstić information content (AvgIpc) is 2.47. The lowest BCUT2D eigenvalue weighted by molar-refractivity contribution is 0.369. The first kappa shape index (κ1) is 14.9. The van der Waals surface area contributed by atoms with E-state index >= 15 is 0 Å². The number of nitrogens with zero attached hydrogens (tertiary/aromatic N) is 2. The Kier molecular flexibility index (Phi) is 4.13. The molecule has 0 amide bonds. The summed E-state index contributed by atoms with van der Waals surface area (Å²) in [6.45, 7) is 0. The maximum absolute atomic E-state index is 12.3. The van der Waals surface area contributed by atoms with Crippen LogP contribution in [0.4, 0.5) is 11.4 Å². The van der Waals surface area contributed by atoms with Crippen molar-refractivity contribution in [3.05, 3.63) is 30.3 Å². The molecule has 0 aliphatic heterocycles. The first-order valence-electron chi connectivity index (χ1n) is 5.80. The lowest BCUT2D eigenvalue weighted by Gasteiger charge is -2.11. The third-order valence-corrected chi connectivity index (χ3v) is 3.96. The van der Waals surface area contributed by atoms with Crippen LogP contribution < -0.4 is 19.9 Å². The van der Waals surface area contributed by atoms with Crippen molar-refractivity contribution in [2.75, 3.05) is 24.7 Å². The molecule has 0 saturated carbocycles. The Morgan fingerprint density at radius 2 is 1.76 bits per heavy atom. The fourth-order valence-corrected chi connectivity index (χ4v) is 2.58. The van der Waals surface area contributed by atoms with E-state index in [9.17, 15) is 8.42 Å². The van der Waals surface area contributed by atoms with E-state index < -0.39 is 10.0 Å². The van der Waals surface area contributed by atoms with Gasteiger partial charge in [-0.25, -0.2) is 8.42 Å². The number of anilines is 2. The van der Waals surface area contributed by atoms with Crippen molar-refractivity contribution < 1.29 is 17.9 Å². The number of nitrogen functional groups attached to an aromatic ring is 1. The molecule has 0 aliphatic carbocycles. The molecule has 0 aliphatic rings. The Labute approximate surface area is 122 Å². The highest BCUT2D eigenvalue weighted by Crippen LogP contribution is 2.26. The summed E-state index contributed by atoms with van der Waals surface area (Å²) in [4.78, 5) is 0.0644. The molecule has 1 aromatic heterocycles. The molecule has 3 N–H and O–H groups in total. The molecular weight excluding hydrogens is 296 g/mol. The minimum atomic E-state index is -3.80. The summed E-state index contributed by atoms with van der Waals surface area (Å²) in [5, 5.41) is 7.41. The number of nitrogens with two attached hydrogens (primary N) is 1. The van der Waals surface area contributed by atoms with Gasteiger partial charge in [-0.05, 0) is 24.3 Å². The van der Waals surface area contributed by atoms with Crippen molar-refractivity contribution in [3.63, 3.8) is 0 Å². The van der Waals surface area contributed by atoms with Gasteiger partial charge in [-0.3, -0.25) is 4.72 Å². The van der Waals surface area contributed by atoms with Crippen molar-refractivity contribution in [2.24, 2.45) is 0 Å². The van der Waals surface area contributed by atoms with Crippen LogP contribution in [0.15, 0.2) is 35.2 Å². The molecule has 8 nitrogen and oxygen atoms in total. The molecule has 112 valence electrons. The van der Waals surface area contributed by atoms with Crippen LogP contribution in [0.25, 0.3) is 0 Å². The summed E-state index contributed by atoms with van der Waals surface area (Å²) in [6, 6.07) is 7.17. The largest absolute Gasteiger partial charge is 0.480 e. The predicted molar refractivity (Wildman–Crippen MR) is 76.8 cm³/mol. The minimum Gasteiger partial charge on any atom is -0.480 e. The van der Waals surface area contributed by atoms with Gasteiger partial charge in [0.2, 0.25) is 5.88 Å². The smallest absolute Gasteiger partial charge is 0.262 e. The van der Waals surface area contributed by atoms with Crippen molar-refractivity contribution in [3.8, 4) is 11.8 Å². The van der Waals surface area contributed by atoms with E-state index in [2.05, 4.69) is 14.9 Å². The second-order valence-electron chi connectivity index (χ2n) is 3.98. The quantitative estimate of drug-likeness (QED) is 0.787. The highest BCUT2D eigenvalue weighted by atomic mass is 32.2. The Bertz CT molecular complexity index is 731. The molecule has 1 heterocycles. The number of ether oxygens (including phenoxy) is 2. The molecular formula is C12H14N4O4S. The van der Waals surface area contributed by atoms with Gasteiger partial charge < -0.3 is 15.2 Å². The third-order valence-electron chi connectivity index (χ3n) is 2.57. The summed E-state index contributed by atoms with van der Waals surface area (Å²) >= 11 is 0. The van der Waals surface area contributed by atoms with E-state index in [1.165, 1.54) is 44.6 Å². The number of benzene rings is 1. The highest BCUT2D eigenvalue weighted by molar-refractivity contribution is 7.92. The molecule has 0 bridgehead atoms. The molecule has 2 aromatic rings. The number of sulfonamides is 1. The maximum Gasteiger partial charge on any atom is 0.262 e. The van der Waals surface area contributed by atoms with Gasteiger partial charge in [0.15, 0.2) is 0 Å². The summed E-state index contributed by atoms with van der Waals surface area (Å²) in [7, 11) is -1.04. The van der Waals surface area contributed by atoms with E-state index in [0.717, 1.165) is 0 Å². The van der Waals surface area contributed by atoms with E-state index in [1.54, 1.807) is 0 Å². The SMILES string of the molecule is COc1cc(NS(=O)(=O)c2ccc(N)cc2)c(OC)nn1. The van der Waals surface area contributed by atoms with Gasteiger partial charge in [-0.15, -0.1) is 10.2 Å². The Morgan fingerprint density at radius 1 is 1.10 bits per heavy atom. The first-order valence-corrected chi connectivity index (χ1v) is 7.28. The normalized spacial score (nSPS) is 11.0. The van der Waals surface area contributed by atoms with Crippen LogP contribution in [-0.2, 0) is 10.0 Å². The summed E-state index contributed by atoms with van der Waals surface area (Å²) < 4.78 is 36.8. The fourth-order valence-electron chi connectivity index (χ4n) is 1.54. The van der Waals surface area contributed by atoms with Gasteiger partial charge in [0.25, 0.3) is 15.9 Å². The zero-order valence-corrected chi connectivity index (χ0v) is 12.2. The first-order chi connectivity index (χ1) is 9.96. The number of nitrogens with one attached hydrogen (secondary N) is 1. The van der Waals surface area contributed by atoms with Crippen LogP contribution in [-0.4, -0.2) is 32.8 Å². The topological polar surface area (TPSA) is 116 Å². The molecule has 0 spiro atoms.